The number of aliphatic hydroxyl groups is 1. The average molecular weight is 552 g/mol. The molecule has 6 nitrogen and oxygen atoms in total. The second-order valence-corrected chi connectivity index (χ2v) is 9.37. The van der Waals surface area contributed by atoms with Gasteiger partial charge in [-0.15, -0.1) is 0 Å². The van der Waals surface area contributed by atoms with Crippen molar-refractivity contribution in [1.29, 1.82) is 0 Å². The summed E-state index contributed by atoms with van der Waals surface area (Å²) in [6, 6.07) is 0. The predicted octanol–water partition coefficient (Wildman–Crippen LogP) is 2.37. The number of carboxylic acid groups (broad SMARTS) is 1. The van der Waals surface area contributed by atoms with Crippen LogP contribution in [0.2, 0.25) is 0 Å². The van der Waals surface area contributed by atoms with E-state index in [4.69, 9.17) is 9.84 Å². The Labute approximate surface area is 163 Å². The molecule has 23 heavy (non-hydrogen) atoms. The van der Waals surface area contributed by atoms with Gasteiger partial charge in [-0.25, -0.2) is 0 Å². The lowest BCUT2D eigenvalue weighted by Gasteiger charge is -2.26. The van der Waals surface area contributed by atoms with Crippen molar-refractivity contribution < 1.29 is 29.3 Å². The quantitative estimate of drug-likeness (QED) is 0.218. The van der Waals surface area contributed by atoms with E-state index in [0.29, 0.717) is 19.3 Å². The van der Waals surface area contributed by atoms with Gasteiger partial charge in [0.2, 0.25) is 0 Å². The Balaban J connectivity index is 2.56. The van der Waals surface area contributed by atoms with E-state index < -0.39 is 25.5 Å². The Morgan fingerprint density at radius 3 is 2.22 bits per heavy atom. The van der Waals surface area contributed by atoms with Crippen molar-refractivity contribution in [2.24, 2.45) is 11.3 Å². The van der Waals surface area contributed by atoms with E-state index in [0.717, 1.165) is 0 Å². The first-order valence-electron chi connectivity index (χ1n) is 7.37. The van der Waals surface area contributed by atoms with E-state index in [9.17, 15) is 19.5 Å². The molecule has 0 aromatic heterocycles. The molecule has 0 radical (unpaired) electrons. The Bertz CT molecular complexity index is 473. The normalized spacial score (nSPS) is 25.7. The van der Waals surface area contributed by atoms with Crippen LogP contribution in [0.1, 0.15) is 40.0 Å². The second kappa shape index (κ2) is 8.52. The highest BCUT2D eigenvalue weighted by molar-refractivity contribution is 14.1. The smallest absolute Gasteiger partial charge is 0.324 e. The highest BCUT2D eigenvalue weighted by Gasteiger charge is 2.39. The van der Waals surface area contributed by atoms with Crippen LogP contribution in [0.4, 0.5) is 0 Å². The van der Waals surface area contributed by atoms with Crippen molar-refractivity contribution in [3.05, 3.63) is 0 Å². The summed E-state index contributed by atoms with van der Waals surface area (Å²) in [4.78, 5) is 35.1. The maximum atomic E-state index is 12.1. The van der Waals surface area contributed by atoms with Crippen molar-refractivity contribution in [2.75, 3.05) is 0 Å². The Morgan fingerprint density at radius 1 is 1.17 bits per heavy atom. The first kappa shape index (κ1) is 21.2. The van der Waals surface area contributed by atoms with Crippen LogP contribution >= 0.6 is 45.2 Å². The third kappa shape index (κ3) is 5.89. The van der Waals surface area contributed by atoms with Crippen LogP contribution in [0.3, 0.4) is 0 Å². The molecule has 0 aromatic rings. The number of alkyl halides is 2. The van der Waals surface area contributed by atoms with Crippen molar-refractivity contribution in [3.8, 4) is 0 Å². The Hall–Kier alpha value is 0.190. The van der Waals surface area contributed by atoms with Crippen molar-refractivity contribution in [3.63, 3.8) is 0 Å². The first-order chi connectivity index (χ1) is 10.4. The third-order valence-electron chi connectivity index (χ3n) is 3.83. The number of aliphatic hydroxyl groups excluding tert-OH is 1. The molecule has 5 unspecified atom stereocenters. The van der Waals surface area contributed by atoms with E-state index in [2.05, 4.69) is 0 Å². The molecule has 1 rings (SSSR count). The third-order valence-corrected chi connectivity index (χ3v) is 6.15. The van der Waals surface area contributed by atoms with Crippen molar-refractivity contribution >= 4 is 62.7 Å². The minimum Gasteiger partial charge on any atom is -0.480 e. The van der Waals surface area contributed by atoms with E-state index in [1.54, 1.807) is 43.4 Å². The number of halogens is 2. The summed E-state index contributed by atoms with van der Waals surface area (Å²) in [6.45, 7) is 5.35. The van der Waals surface area contributed by atoms with Gasteiger partial charge in [0.1, 0.15) is 3.92 Å². The van der Waals surface area contributed by atoms with E-state index in [1.165, 1.54) is 0 Å². The number of aliphatic carboxylic acids is 1. The summed E-state index contributed by atoms with van der Waals surface area (Å²) in [5.41, 5.74) is -0.569. The number of rotatable bonds is 7. The zero-order chi connectivity index (χ0) is 17.9. The first-order valence-corrected chi connectivity index (χ1v) is 9.86. The fraction of sp³-hybridized carbons (Fsp3) is 0.800. The van der Waals surface area contributed by atoms with Gasteiger partial charge in [-0.3, -0.25) is 14.4 Å². The zero-order valence-electron chi connectivity index (χ0n) is 13.3. The van der Waals surface area contributed by atoms with Gasteiger partial charge >= 0.3 is 5.97 Å². The summed E-state index contributed by atoms with van der Waals surface area (Å²) >= 11 is 3.50. The summed E-state index contributed by atoms with van der Waals surface area (Å²) in [6.07, 6.45) is -0.0566. The van der Waals surface area contributed by atoms with Gasteiger partial charge in [-0.2, -0.15) is 0 Å². The molecule has 5 atom stereocenters. The fourth-order valence-electron chi connectivity index (χ4n) is 2.46. The van der Waals surface area contributed by atoms with Gasteiger partial charge in [0.05, 0.1) is 6.10 Å². The monoisotopic (exact) mass is 552 g/mol. The number of ketones is 2. The molecule has 0 amide bonds. The number of hydrogen-bond acceptors (Lipinski definition) is 5. The molecule has 0 aromatic carbocycles. The maximum Gasteiger partial charge on any atom is 0.324 e. The molecule has 0 bridgehead atoms. The topological polar surface area (TPSA) is 101 Å². The lowest BCUT2D eigenvalue weighted by atomic mass is 9.89. The number of carboxylic acids is 1. The van der Waals surface area contributed by atoms with Crippen LogP contribution in [0.5, 0.6) is 0 Å². The Kier molecular flexibility index (Phi) is 7.87. The highest BCUT2D eigenvalue weighted by atomic mass is 127. The van der Waals surface area contributed by atoms with Crippen LogP contribution in [0.25, 0.3) is 0 Å². The molecule has 0 spiro atoms. The lowest BCUT2D eigenvalue weighted by molar-refractivity contribution is -0.151. The standard InChI is InChI=1S/C15H22I2O6/c1-15(2,3)12(19)10(17)14(22)23-8-5-4-7(6-8)11(18)9(16)13(20)21/h7-10,14,22H,4-6H2,1-3H3,(H,20,21). The molecule has 8 heteroatoms. The minimum atomic E-state index is -1.23. The van der Waals surface area contributed by atoms with Gasteiger partial charge in [0.25, 0.3) is 0 Å². The largest absolute Gasteiger partial charge is 0.480 e. The second-order valence-electron chi connectivity index (χ2n) is 6.78. The number of hydrogen-bond donors (Lipinski definition) is 2. The molecule has 0 heterocycles. The SMILES string of the molecule is CC(C)(C)C(=O)C(I)C(O)OC1CCC(C(=O)C(I)C(=O)O)C1. The fourth-order valence-corrected chi connectivity index (χ4v) is 4.07. The summed E-state index contributed by atoms with van der Waals surface area (Å²) in [7, 11) is 0. The van der Waals surface area contributed by atoms with E-state index in [-0.39, 0.29) is 23.6 Å². The van der Waals surface area contributed by atoms with Gasteiger partial charge in [-0.1, -0.05) is 66.0 Å². The summed E-state index contributed by atoms with van der Waals surface area (Å²) in [5, 5.41) is 19.0. The van der Waals surface area contributed by atoms with Crippen LogP contribution in [0, 0.1) is 11.3 Å². The molecule has 1 aliphatic carbocycles. The van der Waals surface area contributed by atoms with Crippen LogP contribution in [0.15, 0.2) is 0 Å². The van der Waals surface area contributed by atoms with Crippen LogP contribution in [-0.2, 0) is 19.1 Å². The molecular formula is C15H22I2O6. The molecule has 0 aliphatic heterocycles. The van der Waals surface area contributed by atoms with E-state index in [1.807, 2.05) is 22.6 Å². The molecule has 2 N–H and O–H groups in total. The highest BCUT2D eigenvalue weighted by Crippen LogP contribution is 2.33. The molecule has 1 saturated carbocycles. The summed E-state index contributed by atoms with van der Waals surface area (Å²) in [5.74, 6) is -1.91. The van der Waals surface area contributed by atoms with Gasteiger partial charge in [0, 0.05) is 11.3 Å². The zero-order valence-corrected chi connectivity index (χ0v) is 17.6. The van der Waals surface area contributed by atoms with Gasteiger partial charge < -0.3 is 14.9 Å². The lowest BCUT2D eigenvalue weighted by Crippen LogP contribution is -2.39. The van der Waals surface area contributed by atoms with Gasteiger partial charge in [0.15, 0.2) is 21.8 Å². The molecule has 1 fully saturated rings. The Morgan fingerprint density at radius 2 is 1.74 bits per heavy atom. The molecule has 0 saturated heterocycles. The van der Waals surface area contributed by atoms with Crippen molar-refractivity contribution in [2.45, 2.75) is 60.3 Å². The average Bonchev–Trinajstić information content (AvgIpc) is 2.91. The molecule has 132 valence electrons. The molecule has 1 aliphatic rings. The minimum absolute atomic E-state index is 0.102. The predicted molar refractivity (Wildman–Crippen MR) is 101 cm³/mol. The van der Waals surface area contributed by atoms with Gasteiger partial charge in [-0.05, 0) is 19.3 Å². The number of carbonyl (C=O) groups is 3. The number of Topliss-reactive ketones (excluding diaryl/α,β-unsaturated/α-hetero) is 2. The van der Waals surface area contributed by atoms with Crippen LogP contribution < -0.4 is 0 Å². The van der Waals surface area contributed by atoms with Crippen LogP contribution in [-0.4, -0.2) is 48.0 Å². The maximum absolute atomic E-state index is 12.1. The van der Waals surface area contributed by atoms with Crippen molar-refractivity contribution in [1.82, 2.24) is 0 Å². The molecular weight excluding hydrogens is 530 g/mol. The number of carbonyl (C=O) groups excluding carboxylic acids is 2. The number of ether oxygens (including phenoxy) is 1. The summed E-state index contributed by atoms with van der Waals surface area (Å²) < 4.78 is 3.80. The van der Waals surface area contributed by atoms with E-state index >= 15 is 0 Å².